The fraction of sp³-hybridized carbons (Fsp3) is 0.368. The number of hydrogen-bond acceptors (Lipinski definition) is 2. The molecule has 0 aliphatic heterocycles. The average molecular weight is 296 g/mol. The van der Waals surface area contributed by atoms with Crippen molar-refractivity contribution in [2.45, 2.75) is 26.7 Å². The van der Waals surface area contributed by atoms with E-state index in [0.717, 1.165) is 19.4 Å². The Balaban J connectivity index is 1.93. The van der Waals surface area contributed by atoms with E-state index in [4.69, 9.17) is 0 Å². The van der Waals surface area contributed by atoms with Gasteiger partial charge in [-0.15, -0.1) is 0 Å². The smallest absolute Gasteiger partial charge is 0.228 e. The van der Waals surface area contributed by atoms with Crippen LogP contribution in [0.1, 0.15) is 25.0 Å². The van der Waals surface area contributed by atoms with Gasteiger partial charge in [0.2, 0.25) is 5.91 Å². The van der Waals surface area contributed by atoms with Gasteiger partial charge in [0.25, 0.3) is 0 Å². The van der Waals surface area contributed by atoms with Gasteiger partial charge >= 0.3 is 0 Å². The summed E-state index contributed by atoms with van der Waals surface area (Å²) in [5, 5.41) is 0. The van der Waals surface area contributed by atoms with Crippen LogP contribution in [0.25, 0.3) is 0 Å². The summed E-state index contributed by atoms with van der Waals surface area (Å²) in [7, 11) is 1.89. The predicted molar refractivity (Wildman–Crippen MR) is 89.5 cm³/mol. The number of pyridine rings is 1. The molecular formula is C19H24N2O. The van der Waals surface area contributed by atoms with Gasteiger partial charge in [0.15, 0.2) is 0 Å². The van der Waals surface area contributed by atoms with E-state index in [1.54, 1.807) is 12.4 Å². The van der Waals surface area contributed by atoms with Crippen molar-refractivity contribution in [3.63, 3.8) is 0 Å². The zero-order valence-electron chi connectivity index (χ0n) is 13.6. The van der Waals surface area contributed by atoms with Gasteiger partial charge in [0.1, 0.15) is 0 Å². The van der Waals surface area contributed by atoms with Gasteiger partial charge in [-0.2, -0.15) is 0 Å². The van der Waals surface area contributed by atoms with Gasteiger partial charge in [-0.05, 0) is 36.1 Å². The molecular weight excluding hydrogens is 272 g/mol. The van der Waals surface area contributed by atoms with Crippen molar-refractivity contribution in [2.75, 3.05) is 13.6 Å². The number of likely N-dealkylation sites (N-methyl/N-ethyl adjacent to an activating group) is 1. The van der Waals surface area contributed by atoms with Crippen LogP contribution in [0.15, 0.2) is 54.9 Å². The molecule has 0 radical (unpaired) electrons. The highest BCUT2D eigenvalue weighted by atomic mass is 16.2. The van der Waals surface area contributed by atoms with E-state index < -0.39 is 5.41 Å². The molecule has 1 aromatic carbocycles. The monoisotopic (exact) mass is 296 g/mol. The third kappa shape index (κ3) is 4.42. The second kappa shape index (κ2) is 7.21. The normalized spacial score (nSPS) is 11.2. The van der Waals surface area contributed by atoms with E-state index in [1.807, 2.05) is 56.1 Å². The SMILES string of the molecule is CN(CCc1ccncc1)C(=O)C(C)(C)Cc1ccccc1. The molecule has 2 aromatic rings. The van der Waals surface area contributed by atoms with E-state index in [2.05, 4.69) is 17.1 Å². The maximum absolute atomic E-state index is 12.7. The number of aromatic nitrogens is 1. The third-order valence-electron chi connectivity index (χ3n) is 3.90. The number of rotatable bonds is 6. The first-order chi connectivity index (χ1) is 10.5. The summed E-state index contributed by atoms with van der Waals surface area (Å²) >= 11 is 0. The van der Waals surface area contributed by atoms with Crippen LogP contribution < -0.4 is 0 Å². The van der Waals surface area contributed by atoms with E-state index in [1.165, 1.54) is 11.1 Å². The molecule has 0 bridgehead atoms. The molecule has 3 heteroatoms. The lowest BCUT2D eigenvalue weighted by molar-refractivity contribution is -0.138. The highest BCUT2D eigenvalue weighted by Crippen LogP contribution is 2.24. The Morgan fingerprint density at radius 2 is 1.68 bits per heavy atom. The standard InChI is InChI=1S/C19H24N2O/c1-19(2,15-17-7-5-4-6-8-17)18(22)21(3)14-11-16-9-12-20-13-10-16/h4-10,12-13H,11,14-15H2,1-3H3. The lowest BCUT2D eigenvalue weighted by atomic mass is 9.84. The number of carbonyl (C=O) groups is 1. The Hall–Kier alpha value is -2.16. The van der Waals surface area contributed by atoms with Crippen LogP contribution in [-0.4, -0.2) is 29.4 Å². The van der Waals surface area contributed by atoms with Gasteiger partial charge in [-0.1, -0.05) is 44.2 Å². The molecule has 1 amide bonds. The summed E-state index contributed by atoms with van der Waals surface area (Å²) in [4.78, 5) is 18.6. The summed E-state index contributed by atoms with van der Waals surface area (Å²) in [5.74, 6) is 0.186. The van der Waals surface area contributed by atoms with Crippen LogP contribution in [0, 0.1) is 5.41 Å². The Morgan fingerprint density at radius 1 is 1.05 bits per heavy atom. The summed E-state index contributed by atoms with van der Waals surface area (Å²) in [6.07, 6.45) is 5.19. The van der Waals surface area contributed by atoms with Gasteiger partial charge in [0.05, 0.1) is 0 Å². The van der Waals surface area contributed by atoms with Crippen molar-refractivity contribution in [3.05, 3.63) is 66.0 Å². The number of benzene rings is 1. The van der Waals surface area contributed by atoms with Crippen LogP contribution in [-0.2, 0) is 17.6 Å². The first-order valence-electron chi connectivity index (χ1n) is 7.67. The fourth-order valence-electron chi connectivity index (χ4n) is 2.65. The Bertz CT molecular complexity index is 593. The fourth-order valence-corrected chi connectivity index (χ4v) is 2.65. The molecule has 22 heavy (non-hydrogen) atoms. The topological polar surface area (TPSA) is 33.2 Å². The van der Waals surface area contributed by atoms with E-state index in [-0.39, 0.29) is 5.91 Å². The number of carbonyl (C=O) groups excluding carboxylic acids is 1. The molecule has 1 aromatic heterocycles. The predicted octanol–water partition coefficient (Wildman–Crippen LogP) is 3.35. The molecule has 116 valence electrons. The van der Waals surface area contributed by atoms with Crippen molar-refractivity contribution >= 4 is 5.91 Å². The van der Waals surface area contributed by atoms with Gasteiger partial charge in [-0.25, -0.2) is 0 Å². The van der Waals surface area contributed by atoms with Crippen molar-refractivity contribution in [1.82, 2.24) is 9.88 Å². The molecule has 0 saturated heterocycles. The molecule has 2 rings (SSSR count). The highest BCUT2D eigenvalue weighted by molar-refractivity contribution is 5.82. The Morgan fingerprint density at radius 3 is 2.32 bits per heavy atom. The first-order valence-corrected chi connectivity index (χ1v) is 7.67. The minimum atomic E-state index is -0.394. The molecule has 0 spiro atoms. The van der Waals surface area contributed by atoms with E-state index >= 15 is 0 Å². The second-order valence-electron chi connectivity index (χ2n) is 6.38. The molecule has 0 fully saturated rings. The van der Waals surface area contributed by atoms with E-state index in [0.29, 0.717) is 0 Å². The Kier molecular flexibility index (Phi) is 5.31. The molecule has 0 atom stereocenters. The zero-order chi connectivity index (χ0) is 16.0. The largest absolute Gasteiger partial charge is 0.345 e. The molecule has 0 N–H and O–H groups in total. The minimum Gasteiger partial charge on any atom is -0.345 e. The van der Waals surface area contributed by atoms with Crippen molar-refractivity contribution in [3.8, 4) is 0 Å². The van der Waals surface area contributed by atoms with Crippen LogP contribution in [0.3, 0.4) is 0 Å². The summed E-state index contributed by atoms with van der Waals surface area (Å²) in [5.41, 5.74) is 2.01. The first kappa shape index (κ1) is 16.2. The van der Waals surface area contributed by atoms with Crippen molar-refractivity contribution < 1.29 is 4.79 Å². The van der Waals surface area contributed by atoms with Crippen molar-refractivity contribution in [1.29, 1.82) is 0 Å². The maximum atomic E-state index is 12.7. The van der Waals surface area contributed by atoms with Gasteiger partial charge < -0.3 is 4.90 Å². The molecule has 3 nitrogen and oxygen atoms in total. The average Bonchev–Trinajstić information content (AvgIpc) is 2.53. The molecule has 1 heterocycles. The Labute approximate surface area is 133 Å². The van der Waals surface area contributed by atoms with Gasteiger partial charge in [-0.3, -0.25) is 9.78 Å². The zero-order valence-corrected chi connectivity index (χ0v) is 13.6. The number of hydrogen-bond donors (Lipinski definition) is 0. The number of nitrogens with zero attached hydrogens (tertiary/aromatic N) is 2. The second-order valence-corrected chi connectivity index (χ2v) is 6.38. The van der Waals surface area contributed by atoms with E-state index in [9.17, 15) is 4.79 Å². The highest BCUT2D eigenvalue weighted by Gasteiger charge is 2.30. The minimum absolute atomic E-state index is 0.186. The summed E-state index contributed by atoms with van der Waals surface area (Å²) in [6.45, 7) is 4.76. The summed E-state index contributed by atoms with van der Waals surface area (Å²) in [6, 6.07) is 14.2. The van der Waals surface area contributed by atoms with Crippen LogP contribution in [0.5, 0.6) is 0 Å². The third-order valence-corrected chi connectivity index (χ3v) is 3.90. The van der Waals surface area contributed by atoms with Crippen LogP contribution in [0.2, 0.25) is 0 Å². The summed E-state index contributed by atoms with van der Waals surface area (Å²) < 4.78 is 0. The molecule has 0 aliphatic carbocycles. The number of amides is 1. The molecule has 0 unspecified atom stereocenters. The molecule has 0 aliphatic rings. The quantitative estimate of drug-likeness (QED) is 0.819. The van der Waals surface area contributed by atoms with Crippen LogP contribution in [0.4, 0.5) is 0 Å². The lowest BCUT2D eigenvalue weighted by Crippen LogP contribution is -2.40. The molecule has 0 saturated carbocycles. The van der Waals surface area contributed by atoms with Crippen LogP contribution >= 0.6 is 0 Å². The maximum Gasteiger partial charge on any atom is 0.228 e. The lowest BCUT2D eigenvalue weighted by Gasteiger charge is -2.29. The van der Waals surface area contributed by atoms with Crippen molar-refractivity contribution in [2.24, 2.45) is 5.41 Å². The van der Waals surface area contributed by atoms with Gasteiger partial charge in [0, 0.05) is 31.4 Å².